The molecule has 0 saturated heterocycles. The van der Waals surface area contributed by atoms with Crippen molar-refractivity contribution in [3.05, 3.63) is 59.4 Å². The molecule has 0 spiro atoms. The van der Waals surface area contributed by atoms with Gasteiger partial charge in [0, 0.05) is 25.5 Å². The fourth-order valence-electron chi connectivity index (χ4n) is 1.97. The molecule has 0 bridgehead atoms. The molecule has 0 fully saturated rings. The number of nitrogens with one attached hydrogen (secondary N) is 2. The Morgan fingerprint density at radius 1 is 1.18 bits per heavy atom. The average molecular weight is 297 g/mol. The second-order valence-electron chi connectivity index (χ2n) is 5.91. The first kappa shape index (κ1) is 16.0. The Balaban J connectivity index is 1.96. The third-order valence-corrected chi connectivity index (χ3v) is 3.29. The maximum Gasteiger partial charge on any atom is 0.252 e. The highest BCUT2D eigenvalue weighted by molar-refractivity contribution is 5.94. The number of aryl methyl sites for hydroxylation is 1. The number of benzene rings is 1. The molecule has 4 nitrogen and oxygen atoms in total. The van der Waals surface area contributed by atoms with Gasteiger partial charge in [-0.25, -0.2) is 0 Å². The zero-order valence-corrected chi connectivity index (χ0v) is 13.4. The third kappa shape index (κ3) is 4.88. The van der Waals surface area contributed by atoms with E-state index in [9.17, 15) is 4.79 Å². The quantitative estimate of drug-likeness (QED) is 0.859. The number of anilines is 1. The average Bonchev–Trinajstić information content (AvgIpc) is 2.52. The summed E-state index contributed by atoms with van der Waals surface area (Å²) in [6, 6.07) is 10.2. The summed E-state index contributed by atoms with van der Waals surface area (Å²) < 4.78 is 0. The Kier molecular flexibility index (Phi) is 5.53. The molecule has 22 heavy (non-hydrogen) atoms. The van der Waals surface area contributed by atoms with Crippen LogP contribution in [0, 0.1) is 12.8 Å². The highest BCUT2D eigenvalue weighted by atomic mass is 16.1. The SMILES string of the molecule is Cc1ccc(CNc2cncc(C(=O)NCC(C)C)c2)cc1. The minimum atomic E-state index is -0.0832. The topological polar surface area (TPSA) is 54.0 Å². The number of carbonyl (C=O) groups excluding carboxylic acids is 1. The number of hydrogen-bond acceptors (Lipinski definition) is 3. The van der Waals surface area contributed by atoms with Gasteiger partial charge in [0.2, 0.25) is 0 Å². The van der Waals surface area contributed by atoms with Gasteiger partial charge < -0.3 is 10.6 Å². The van der Waals surface area contributed by atoms with E-state index in [1.54, 1.807) is 12.4 Å². The van der Waals surface area contributed by atoms with Gasteiger partial charge in [0.1, 0.15) is 0 Å². The van der Waals surface area contributed by atoms with Gasteiger partial charge in [0.15, 0.2) is 0 Å². The summed E-state index contributed by atoms with van der Waals surface area (Å²) in [7, 11) is 0. The van der Waals surface area contributed by atoms with Crippen molar-refractivity contribution in [2.75, 3.05) is 11.9 Å². The van der Waals surface area contributed by atoms with E-state index in [2.05, 4.69) is 60.7 Å². The number of amides is 1. The molecule has 0 radical (unpaired) electrons. The zero-order valence-electron chi connectivity index (χ0n) is 13.4. The molecule has 0 saturated carbocycles. The molecule has 2 N–H and O–H groups in total. The Morgan fingerprint density at radius 3 is 2.59 bits per heavy atom. The van der Waals surface area contributed by atoms with Crippen molar-refractivity contribution in [3.8, 4) is 0 Å². The summed E-state index contributed by atoms with van der Waals surface area (Å²) in [6.07, 6.45) is 3.32. The second-order valence-corrected chi connectivity index (χ2v) is 5.91. The molecule has 0 unspecified atom stereocenters. The van der Waals surface area contributed by atoms with Gasteiger partial charge in [0.25, 0.3) is 5.91 Å². The van der Waals surface area contributed by atoms with Gasteiger partial charge in [-0.05, 0) is 24.5 Å². The van der Waals surface area contributed by atoms with Crippen LogP contribution in [0.2, 0.25) is 0 Å². The molecule has 1 amide bonds. The lowest BCUT2D eigenvalue weighted by Crippen LogP contribution is -2.27. The predicted octanol–water partition coefficient (Wildman–Crippen LogP) is 3.39. The van der Waals surface area contributed by atoms with Crippen LogP contribution < -0.4 is 10.6 Å². The first-order valence-electron chi connectivity index (χ1n) is 7.57. The molecule has 4 heteroatoms. The number of pyridine rings is 1. The van der Waals surface area contributed by atoms with Crippen LogP contribution in [0.15, 0.2) is 42.7 Å². The standard InChI is InChI=1S/C18H23N3O/c1-13(2)9-21-18(22)16-8-17(12-19-11-16)20-10-15-6-4-14(3)5-7-15/h4-8,11-13,20H,9-10H2,1-3H3,(H,21,22). The van der Waals surface area contributed by atoms with Crippen molar-refractivity contribution < 1.29 is 4.79 Å². The van der Waals surface area contributed by atoms with E-state index in [1.807, 2.05) is 6.07 Å². The molecule has 1 heterocycles. The monoisotopic (exact) mass is 297 g/mol. The zero-order chi connectivity index (χ0) is 15.9. The van der Waals surface area contributed by atoms with E-state index in [0.29, 0.717) is 24.6 Å². The van der Waals surface area contributed by atoms with E-state index >= 15 is 0 Å². The minimum Gasteiger partial charge on any atom is -0.380 e. The maximum atomic E-state index is 12.0. The Hall–Kier alpha value is -2.36. The smallest absolute Gasteiger partial charge is 0.252 e. The molecule has 116 valence electrons. The van der Waals surface area contributed by atoms with Crippen LogP contribution in [0.3, 0.4) is 0 Å². The molecular weight excluding hydrogens is 274 g/mol. The summed E-state index contributed by atoms with van der Waals surface area (Å²) >= 11 is 0. The van der Waals surface area contributed by atoms with Crippen LogP contribution in [0.1, 0.15) is 35.3 Å². The van der Waals surface area contributed by atoms with Crippen molar-refractivity contribution in [1.29, 1.82) is 0 Å². The fourth-order valence-corrected chi connectivity index (χ4v) is 1.97. The number of nitrogens with zero attached hydrogens (tertiary/aromatic N) is 1. The summed E-state index contributed by atoms with van der Waals surface area (Å²) in [5.74, 6) is 0.347. The predicted molar refractivity (Wildman–Crippen MR) is 89.9 cm³/mol. The number of hydrogen-bond donors (Lipinski definition) is 2. The largest absolute Gasteiger partial charge is 0.380 e. The van der Waals surface area contributed by atoms with Gasteiger partial charge in [-0.3, -0.25) is 9.78 Å². The molecule has 0 aliphatic heterocycles. The van der Waals surface area contributed by atoms with Crippen molar-refractivity contribution in [2.24, 2.45) is 5.92 Å². The molecule has 2 rings (SSSR count). The molecule has 1 aromatic heterocycles. The Labute approximate surface area is 132 Å². The third-order valence-electron chi connectivity index (χ3n) is 3.29. The van der Waals surface area contributed by atoms with Crippen LogP contribution >= 0.6 is 0 Å². The van der Waals surface area contributed by atoms with Gasteiger partial charge in [0.05, 0.1) is 11.3 Å². The molecular formula is C18H23N3O. The Morgan fingerprint density at radius 2 is 1.91 bits per heavy atom. The minimum absolute atomic E-state index is 0.0832. The number of rotatable bonds is 6. The van der Waals surface area contributed by atoms with Crippen LogP contribution in [0.4, 0.5) is 5.69 Å². The summed E-state index contributed by atoms with van der Waals surface area (Å²) in [6.45, 7) is 7.58. The molecule has 0 atom stereocenters. The van der Waals surface area contributed by atoms with Gasteiger partial charge in [-0.1, -0.05) is 43.7 Å². The first-order chi connectivity index (χ1) is 10.5. The second kappa shape index (κ2) is 7.59. The Bertz CT molecular complexity index is 620. The van der Waals surface area contributed by atoms with Crippen molar-refractivity contribution in [3.63, 3.8) is 0 Å². The lowest BCUT2D eigenvalue weighted by atomic mass is 10.1. The molecule has 2 aromatic rings. The highest BCUT2D eigenvalue weighted by Crippen LogP contribution is 2.11. The van der Waals surface area contributed by atoms with Crippen LogP contribution in [0.25, 0.3) is 0 Å². The highest BCUT2D eigenvalue weighted by Gasteiger charge is 2.07. The first-order valence-corrected chi connectivity index (χ1v) is 7.57. The molecule has 0 aliphatic rings. The van der Waals surface area contributed by atoms with E-state index in [4.69, 9.17) is 0 Å². The maximum absolute atomic E-state index is 12.0. The van der Waals surface area contributed by atoms with E-state index in [1.165, 1.54) is 11.1 Å². The number of aromatic nitrogens is 1. The van der Waals surface area contributed by atoms with Gasteiger partial charge in [-0.2, -0.15) is 0 Å². The van der Waals surface area contributed by atoms with Crippen LogP contribution in [-0.4, -0.2) is 17.4 Å². The van der Waals surface area contributed by atoms with Crippen molar-refractivity contribution in [1.82, 2.24) is 10.3 Å². The van der Waals surface area contributed by atoms with Crippen LogP contribution in [-0.2, 0) is 6.54 Å². The van der Waals surface area contributed by atoms with Crippen LogP contribution in [0.5, 0.6) is 0 Å². The summed E-state index contributed by atoms with van der Waals surface area (Å²) in [4.78, 5) is 16.2. The summed E-state index contributed by atoms with van der Waals surface area (Å²) in [5, 5.41) is 6.20. The normalized spacial score (nSPS) is 10.5. The fraction of sp³-hybridized carbons (Fsp3) is 0.333. The van der Waals surface area contributed by atoms with Gasteiger partial charge >= 0.3 is 0 Å². The van der Waals surface area contributed by atoms with E-state index in [0.717, 1.165) is 5.69 Å². The lowest BCUT2D eigenvalue weighted by Gasteiger charge is -2.10. The molecule has 0 aliphatic carbocycles. The van der Waals surface area contributed by atoms with E-state index in [-0.39, 0.29) is 5.91 Å². The lowest BCUT2D eigenvalue weighted by molar-refractivity contribution is 0.0948. The van der Waals surface area contributed by atoms with E-state index < -0.39 is 0 Å². The molecule has 1 aromatic carbocycles. The van der Waals surface area contributed by atoms with Crippen molar-refractivity contribution >= 4 is 11.6 Å². The summed E-state index contributed by atoms with van der Waals surface area (Å²) in [5.41, 5.74) is 3.86. The van der Waals surface area contributed by atoms with Crippen molar-refractivity contribution in [2.45, 2.75) is 27.3 Å². The number of carbonyl (C=O) groups is 1. The van der Waals surface area contributed by atoms with Gasteiger partial charge in [-0.15, -0.1) is 0 Å².